The summed E-state index contributed by atoms with van der Waals surface area (Å²) in [5.41, 5.74) is 0. The Balaban J connectivity index is 2.20. The first-order valence-electron chi connectivity index (χ1n) is 5.28. The van der Waals surface area contributed by atoms with Crippen LogP contribution in [0.1, 0.15) is 0 Å². The lowest BCUT2D eigenvalue weighted by Crippen LogP contribution is -1.94. The molecule has 2 aromatic carbocycles. The predicted molar refractivity (Wildman–Crippen MR) is 65.7 cm³/mol. The Hall–Kier alpha value is -1.80. The number of fused-ring (bicyclic) bond motifs is 1. The lowest BCUT2D eigenvalue weighted by atomic mass is 10.1. The normalized spacial score (nSPS) is 11.1. The van der Waals surface area contributed by atoms with Crippen LogP contribution >= 0.6 is 0 Å². The third-order valence-corrected chi connectivity index (χ3v) is 2.36. The second-order valence-corrected chi connectivity index (χ2v) is 3.44. The van der Waals surface area contributed by atoms with Crippen LogP contribution in [0.25, 0.3) is 10.8 Å². The van der Waals surface area contributed by atoms with Crippen LogP contribution in [0.5, 0.6) is 5.75 Å². The molecule has 0 fully saturated rings. The molecule has 0 atom stereocenters. The highest BCUT2D eigenvalue weighted by Crippen LogP contribution is 2.24. The lowest BCUT2D eigenvalue weighted by molar-refractivity contribution is 0.337. The maximum absolute atomic E-state index is 8.59. The summed E-state index contributed by atoms with van der Waals surface area (Å²) in [4.78, 5) is 0. The van der Waals surface area contributed by atoms with Gasteiger partial charge in [0.1, 0.15) is 12.4 Å². The third-order valence-electron chi connectivity index (χ3n) is 2.36. The second kappa shape index (κ2) is 5.33. The maximum atomic E-state index is 8.59. The Morgan fingerprint density at radius 3 is 2.69 bits per heavy atom. The number of rotatable bonds is 4. The molecule has 0 aliphatic carbocycles. The van der Waals surface area contributed by atoms with Gasteiger partial charge in [0, 0.05) is 5.39 Å². The van der Waals surface area contributed by atoms with Crippen molar-refractivity contribution in [3.63, 3.8) is 0 Å². The van der Waals surface area contributed by atoms with Crippen molar-refractivity contribution in [2.24, 2.45) is 0 Å². The van der Waals surface area contributed by atoms with Gasteiger partial charge >= 0.3 is 0 Å². The molecular weight excluding hydrogens is 200 g/mol. The fraction of sp³-hybridized carbons (Fsp3) is 0.143. The summed E-state index contributed by atoms with van der Waals surface area (Å²) in [7, 11) is 0. The van der Waals surface area contributed by atoms with E-state index < -0.39 is 0 Å². The molecule has 0 spiro atoms. The van der Waals surface area contributed by atoms with E-state index in [-0.39, 0.29) is 6.61 Å². The van der Waals surface area contributed by atoms with Crippen molar-refractivity contribution in [2.45, 2.75) is 0 Å². The molecule has 0 amide bonds. The van der Waals surface area contributed by atoms with Crippen LogP contribution in [-0.2, 0) is 0 Å². The summed E-state index contributed by atoms with van der Waals surface area (Å²) in [6, 6.07) is 14.1. The number of aliphatic hydroxyl groups is 1. The van der Waals surface area contributed by atoms with Gasteiger partial charge in [-0.15, -0.1) is 0 Å². The van der Waals surface area contributed by atoms with E-state index in [1.807, 2.05) is 36.4 Å². The first kappa shape index (κ1) is 10.7. The van der Waals surface area contributed by atoms with Gasteiger partial charge in [0.2, 0.25) is 0 Å². The molecule has 16 heavy (non-hydrogen) atoms. The van der Waals surface area contributed by atoms with E-state index in [0.717, 1.165) is 11.1 Å². The number of ether oxygens (including phenoxy) is 1. The Morgan fingerprint density at radius 1 is 1.00 bits per heavy atom. The molecule has 2 nitrogen and oxygen atoms in total. The topological polar surface area (TPSA) is 29.5 Å². The van der Waals surface area contributed by atoms with Gasteiger partial charge in [0.15, 0.2) is 0 Å². The standard InChI is InChI=1S/C14H14O2/c15-10-3-4-11-16-14-9-5-7-12-6-1-2-8-13(12)14/h1-9,15H,10-11H2/b4-3+. The van der Waals surface area contributed by atoms with Crippen molar-refractivity contribution in [1.29, 1.82) is 0 Å². The van der Waals surface area contributed by atoms with E-state index in [1.165, 1.54) is 5.39 Å². The zero-order valence-electron chi connectivity index (χ0n) is 8.97. The van der Waals surface area contributed by atoms with Gasteiger partial charge in [-0.25, -0.2) is 0 Å². The van der Waals surface area contributed by atoms with Crippen LogP contribution in [-0.4, -0.2) is 18.3 Å². The minimum Gasteiger partial charge on any atom is -0.489 e. The van der Waals surface area contributed by atoms with E-state index in [4.69, 9.17) is 9.84 Å². The van der Waals surface area contributed by atoms with Crippen molar-refractivity contribution < 1.29 is 9.84 Å². The van der Waals surface area contributed by atoms with Gasteiger partial charge in [-0.3, -0.25) is 0 Å². The highest BCUT2D eigenvalue weighted by molar-refractivity contribution is 5.88. The quantitative estimate of drug-likeness (QED) is 0.793. The van der Waals surface area contributed by atoms with Crippen LogP contribution in [0.2, 0.25) is 0 Å². The summed E-state index contributed by atoms with van der Waals surface area (Å²) in [5.74, 6) is 0.876. The van der Waals surface area contributed by atoms with Crippen LogP contribution in [0.15, 0.2) is 54.6 Å². The molecule has 0 saturated carbocycles. The summed E-state index contributed by atoms with van der Waals surface area (Å²) < 4.78 is 5.62. The molecule has 1 N–H and O–H groups in total. The van der Waals surface area contributed by atoms with Gasteiger partial charge in [-0.2, -0.15) is 0 Å². The van der Waals surface area contributed by atoms with E-state index in [2.05, 4.69) is 12.1 Å². The van der Waals surface area contributed by atoms with E-state index in [0.29, 0.717) is 6.61 Å². The molecule has 0 bridgehead atoms. The molecule has 2 rings (SSSR count). The minimum atomic E-state index is 0.0545. The highest BCUT2D eigenvalue weighted by Gasteiger charge is 1.99. The van der Waals surface area contributed by atoms with Crippen molar-refractivity contribution in [1.82, 2.24) is 0 Å². The highest BCUT2D eigenvalue weighted by atomic mass is 16.5. The van der Waals surface area contributed by atoms with Crippen LogP contribution in [0, 0.1) is 0 Å². The summed E-state index contributed by atoms with van der Waals surface area (Å²) >= 11 is 0. The Morgan fingerprint density at radius 2 is 1.81 bits per heavy atom. The average Bonchev–Trinajstić information content (AvgIpc) is 2.35. The average molecular weight is 214 g/mol. The third kappa shape index (κ3) is 2.41. The van der Waals surface area contributed by atoms with Crippen LogP contribution < -0.4 is 4.74 Å². The first-order chi connectivity index (χ1) is 7.92. The van der Waals surface area contributed by atoms with E-state index >= 15 is 0 Å². The van der Waals surface area contributed by atoms with Crippen molar-refractivity contribution in [3.8, 4) is 5.75 Å². The molecule has 0 heterocycles. The van der Waals surface area contributed by atoms with Crippen LogP contribution in [0.4, 0.5) is 0 Å². The fourth-order valence-corrected chi connectivity index (χ4v) is 1.60. The number of benzene rings is 2. The van der Waals surface area contributed by atoms with Gasteiger partial charge in [0.05, 0.1) is 6.61 Å². The minimum absolute atomic E-state index is 0.0545. The Bertz CT molecular complexity index is 484. The Labute approximate surface area is 94.8 Å². The molecule has 2 heteroatoms. The smallest absolute Gasteiger partial charge is 0.127 e. The lowest BCUT2D eigenvalue weighted by Gasteiger charge is -2.06. The number of hydrogen-bond acceptors (Lipinski definition) is 2. The van der Waals surface area contributed by atoms with Gasteiger partial charge < -0.3 is 9.84 Å². The molecule has 0 aliphatic rings. The van der Waals surface area contributed by atoms with E-state index in [1.54, 1.807) is 6.08 Å². The number of hydrogen-bond donors (Lipinski definition) is 1. The molecule has 0 radical (unpaired) electrons. The summed E-state index contributed by atoms with van der Waals surface area (Å²) in [6.45, 7) is 0.535. The molecule has 0 saturated heterocycles. The van der Waals surface area contributed by atoms with Gasteiger partial charge in [-0.05, 0) is 17.5 Å². The second-order valence-electron chi connectivity index (χ2n) is 3.44. The SMILES string of the molecule is OC/C=C/COc1cccc2ccccc12. The van der Waals surface area contributed by atoms with Crippen LogP contribution in [0.3, 0.4) is 0 Å². The van der Waals surface area contributed by atoms with Gasteiger partial charge in [-0.1, -0.05) is 42.5 Å². The summed E-state index contributed by atoms with van der Waals surface area (Å²) in [5, 5.41) is 10.9. The number of aliphatic hydroxyl groups excluding tert-OH is 1. The predicted octanol–water partition coefficient (Wildman–Crippen LogP) is 2.77. The van der Waals surface area contributed by atoms with Gasteiger partial charge in [0.25, 0.3) is 0 Å². The van der Waals surface area contributed by atoms with Crippen molar-refractivity contribution >= 4 is 10.8 Å². The maximum Gasteiger partial charge on any atom is 0.127 e. The summed E-state index contributed by atoms with van der Waals surface area (Å²) in [6.07, 6.45) is 3.48. The molecule has 2 aromatic rings. The Kier molecular flexibility index (Phi) is 3.57. The molecule has 0 aliphatic heterocycles. The fourth-order valence-electron chi connectivity index (χ4n) is 1.60. The van der Waals surface area contributed by atoms with Crippen molar-refractivity contribution in [3.05, 3.63) is 54.6 Å². The zero-order valence-corrected chi connectivity index (χ0v) is 8.97. The molecule has 82 valence electrons. The van der Waals surface area contributed by atoms with E-state index in [9.17, 15) is 0 Å². The molecule has 0 unspecified atom stereocenters. The monoisotopic (exact) mass is 214 g/mol. The molecule has 0 aromatic heterocycles. The zero-order chi connectivity index (χ0) is 11.2. The first-order valence-corrected chi connectivity index (χ1v) is 5.28. The molecular formula is C14H14O2. The largest absolute Gasteiger partial charge is 0.489 e. The van der Waals surface area contributed by atoms with Crippen molar-refractivity contribution in [2.75, 3.05) is 13.2 Å².